The first-order chi connectivity index (χ1) is 8.28. The van der Waals surface area contributed by atoms with E-state index in [1.54, 1.807) is 0 Å². The number of hydrogen-bond donors (Lipinski definition) is 1. The number of hydrogen-bond acceptors (Lipinski definition) is 3. The van der Waals surface area contributed by atoms with E-state index in [1.165, 1.54) is 0 Å². The van der Waals surface area contributed by atoms with E-state index in [1.807, 2.05) is 33.8 Å². The van der Waals surface area contributed by atoms with Gasteiger partial charge in [0.25, 0.3) is 0 Å². The molecule has 1 N–H and O–H groups in total. The van der Waals surface area contributed by atoms with Crippen LogP contribution in [-0.4, -0.2) is 29.5 Å². The predicted octanol–water partition coefficient (Wildman–Crippen LogP) is 2.65. The van der Waals surface area contributed by atoms with Crippen LogP contribution in [0.5, 0.6) is 0 Å². The van der Waals surface area contributed by atoms with Crippen LogP contribution in [0.1, 0.15) is 47.5 Å². The lowest BCUT2D eigenvalue weighted by Gasteiger charge is -2.32. The maximum atomic E-state index is 10.2. The van der Waals surface area contributed by atoms with Crippen molar-refractivity contribution in [2.45, 2.75) is 64.8 Å². The summed E-state index contributed by atoms with van der Waals surface area (Å²) in [5, 5.41) is 10.2. The van der Waals surface area contributed by atoms with Crippen LogP contribution in [0.15, 0.2) is 23.2 Å². The van der Waals surface area contributed by atoms with Crippen LogP contribution >= 0.6 is 0 Å². The molecule has 0 bridgehead atoms. The molecule has 2 aliphatic rings. The topological polar surface area (TPSA) is 38.7 Å². The van der Waals surface area contributed by atoms with Gasteiger partial charge >= 0.3 is 7.12 Å². The highest BCUT2D eigenvalue weighted by atomic mass is 16.7. The molecule has 1 fully saturated rings. The van der Waals surface area contributed by atoms with Gasteiger partial charge in [0.05, 0.1) is 17.3 Å². The zero-order chi connectivity index (χ0) is 13.6. The average molecular weight is 250 g/mol. The molecule has 0 aromatic heterocycles. The minimum Gasteiger partial charge on any atom is -0.399 e. The summed E-state index contributed by atoms with van der Waals surface area (Å²) in [6.07, 6.45) is 5.13. The smallest absolute Gasteiger partial charge is 0.399 e. The highest BCUT2D eigenvalue weighted by Gasteiger charge is 2.53. The van der Waals surface area contributed by atoms with Gasteiger partial charge in [0.15, 0.2) is 0 Å². The Morgan fingerprint density at radius 1 is 1.28 bits per heavy atom. The molecular formula is C14H23BO3. The Balaban J connectivity index is 2.33. The fourth-order valence-electron chi connectivity index (χ4n) is 2.38. The molecule has 0 spiro atoms. The van der Waals surface area contributed by atoms with Crippen LogP contribution in [0, 0.1) is 0 Å². The van der Waals surface area contributed by atoms with Gasteiger partial charge in [0, 0.05) is 0 Å². The van der Waals surface area contributed by atoms with Gasteiger partial charge in [-0.05, 0) is 46.0 Å². The summed E-state index contributed by atoms with van der Waals surface area (Å²) in [5.74, 6) is 0. The van der Waals surface area contributed by atoms with Crippen molar-refractivity contribution >= 4 is 7.12 Å². The number of rotatable bonds is 2. The second kappa shape index (κ2) is 4.51. The van der Waals surface area contributed by atoms with Crippen molar-refractivity contribution in [3.05, 3.63) is 23.2 Å². The van der Waals surface area contributed by atoms with Gasteiger partial charge in [-0.25, -0.2) is 0 Å². The van der Waals surface area contributed by atoms with E-state index in [4.69, 9.17) is 9.31 Å². The number of aliphatic hydroxyl groups is 1. The molecule has 1 aliphatic carbocycles. The van der Waals surface area contributed by atoms with Crippen LogP contribution in [0.2, 0.25) is 0 Å². The quantitative estimate of drug-likeness (QED) is 0.765. The fourth-order valence-corrected chi connectivity index (χ4v) is 2.38. The van der Waals surface area contributed by atoms with Crippen molar-refractivity contribution in [3.8, 4) is 0 Å². The summed E-state index contributed by atoms with van der Waals surface area (Å²) >= 11 is 0. The van der Waals surface area contributed by atoms with Crippen LogP contribution in [0.25, 0.3) is 0 Å². The second-order valence-corrected chi connectivity index (χ2v) is 6.08. The lowest BCUT2D eigenvalue weighted by atomic mass is 9.69. The summed E-state index contributed by atoms with van der Waals surface area (Å²) in [6.45, 7) is 10.2. The molecule has 4 heteroatoms. The SMILES string of the molecule is CCC1=C(B2OC(C)(C)C(C)(C)O2)[C@H](O)CC=C1. The van der Waals surface area contributed by atoms with E-state index in [2.05, 4.69) is 13.0 Å². The molecule has 1 aliphatic heterocycles. The molecule has 0 saturated carbocycles. The van der Waals surface area contributed by atoms with E-state index in [0.717, 1.165) is 17.5 Å². The average Bonchev–Trinajstić information content (AvgIpc) is 2.47. The van der Waals surface area contributed by atoms with Crippen LogP contribution < -0.4 is 0 Å². The number of allylic oxidation sites excluding steroid dienone is 2. The molecule has 1 heterocycles. The number of aliphatic hydroxyl groups excluding tert-OH is 1. The Bertz CT molecular complexity index is 380. The van der Waals surface area contributed by atoms with Crippen molar-refractivity contribution in [2.24, 2.45) is 0 Å². The van der Waals surface area contributed by atoms with Crippen LogP contribution in [0.4, 0.5) is 0 Å². The molecule has 0 aromatic carbocycles. The molecule has 18 heavy (non-hydrogen) atoms. The molecule has 0 unspecified atom stereocenters. The largest absolute Gasteiger partial charge is 0.493 e. The summed E-state index contributed by atoms with van der Waals surface area (Å²) in [6, 6.07) is 0. The third-order valence-electron chi connectivity index (χ3n) is 4.30. The summed E-state index contributed by atoms with van der Waals surface area (Å²) in [5.41, 5.74) is 1.32. The van der Waals surface area contributed by atoms with E-state index in [9.17, 15) is 5.11 Å². The monoisotopic (exact) mass is 250 g/mol. The Hall–Kier alpha value is -0.575. The Kier molecular flexibility index (Phi) is 3.47. The van der Waals surface area contributed by atoms with Gasteiger partial charge in [0.2, 0.25) is 0 Å². The normalized spacial score (nSPS) is 30.1. The summed E-state index contributed by atoms with van der Waals surface area (Å²) in [7, 11) is -0.426. The van der Waals surface area contributed by atoms with Crippen LogP contribution in [-0.2, 0) is 9.31 Å². The molecule has 1 atom stereocenters. The molecule has 2 rings (SSSR count). The molecule has 0 aromatic rings. The van der Waals surface area contributed by atoms with Gasteiger partial charge in [-0.15, -0.1) is 0 Å². The van der Waals surface area contributed by atoms with E-state index >= 15 is 0 Å². The second-order valence-electron chi connectivity index (χ2n) is 6.08. The van der Waals surface area contributed by atoms with E-state index in [0.29, 0.717) is 6.42 Å². The van der Waals surface area contributed by atoms with Crippen molar-refractivity contribution in [3.63, 3.8) is 0 Å². The van der Waals surface area contributed by atoms with Crippen molar-refractivity contribution in [2.75, 3.05) is 0 Å². The van der Waals surface area contributed by atoms with E-state index in [-0.39, 0.29) is 11.2 Å². The van der Waals surface area contributed by atoms with E-state index < -0.39 is 13.2 Å². The first kappa shape index (κ1) is 13.8. The van der Waals surface area contributed by atoms with Gasteiger partial charge < -0.3 is 14.4 Å². The summed E-state index contributed by atoms with van der Waals surface area (Å²) in [4.78, 5) is 0. The first-order valence-corrected chi connectivity index (χ1v) is 6.71. The third-order valence-corrected chi connectivity index (χ3v) is 4.30. The van der Waals surface area contributed by atoms with Crippen molar-refractivity contribution in [1.82, 2.24) is 0 Å². The molecule has 0 radical (unpaired) electrons. The zero-order valence-electron chi connectivity index (χ0n) is 12.0. The summed E-state index contributed by atoms with van der Waals surface area (Å²) < 4.78 is 12.1. The predicted molar refractivity (Wildman–Crippen MR) is 73.2 cm³/mol. The standard InChI is InChI=1S/C14H23BO3/c1-6-10-8-7-9-11(16)12(10)15-17-13(2,3)14(4,5)18-15/h7-8,11,16H,6,9H2,1-5H3/t11-/m1/s1. The minimum atomic E-state index is -0.486. The lowest BCUT2D eigenvalue weighted by molar-refractivity contribution is 0.00578. The maximum Gasteiger partial charge on any atom is 0.493 e. The van der Waals surface area contributed by atoms with Crippen molar-refractivity contribution < 1.29 is 14.4 Å². The molecular weight excluding hydrogens is 227 g/mol. The third kappa shape index (κ3) is 2.17. The highest BCUT2D eigenvalue weighted by Crippen LogP contribution is 2.40. The minimum absolute atomic E-state index is 0.357. The fraction of sp³-hybridized carbons (Fsp3) is 0.714. The molecule has 1 saturated heterocycles. The van der Waals surface area contributed by atoms with Gasteiger partial charge in [-0.1, -0.05) is 24.6 Å². The maximum absolute atomic E-state index is 10.2. The van der Waals surface area contributed by atoms with Gasteiger partial charge in [-0.2, -0.15) is 0 Å². The Morgan fingerprint density at radius 3 is 2.33 bits per heavy atom. The van der Waals surface area contributed by atoms with Gasteiger partial charge in [-0.3, -0.25) is 0 Å². The Morgan fingerprint density at radius 2 is 1.83 bits per heavy atom. The first-order valence-electron chi connectivity index (χ1n) is 6.71. The molecule has 0 amide bonds. The van der Waals surface area contributed by atoms with Crippen LogP contribution in [0.3, 0.4) is 0 Å². The molecule has 3 nitrogen and oxygen atoms in total. The Labute approximate surface area is 110 Å². The highest BCUT2D eigenvalue weighted by molar-refractivity contribution is 6.55. The van der Waals surface area contributed by atoms with Gasteiger partial charge in [0.1, 0.15) is 0 Å². The van der Waals surface area contributed by atoms with Crippen molar-refractivity contribution in [1.29, 1.82) is 0 Å². The molecule has 100 valence electrons. The lowest BCUT2D eigenvalue weighted by Crippen LogP contribution is -2.41. The zero-order valence-corrected chi connectivity index (χ0v) is 12.0.